The Hall–Kier alpha value is -0.403. The van der Waals surface area contributed by atoms with Gasteiger partial charge in [0, 0.05) is 0 Å². The molecule has 0 unspecified atom stereocenters. The fraction of sp³-hybridized carbons (Fsp3) is 0.846. The summed E-state index contributed by atoms with van der Waals surface area (Å²) in [5.41, 5.74) is 0. The van der Waals surface area contributed by atoms with Gasteiger partial charge in [-0.15, -0.1) is 0 Å². The van der Waals surface area contributed by atoms with Gasteiger partial charge in [-0.2, -0.15) is 0 Å². The maximum atomic E-state index is 5.66. The first-order valence-electron chi connectivity index (χ1n) is 6.66. The van der Waals surface area contributed by atoms with Crippen molar-refractivity contribution >= 4 is 8.32 Å². The van der Waals surface area contributed by atoms with Gasteiger partial charge in [-0.05, 0) is 19.6 Å². The molecule has 0 radical (unpaired) electrons. The highest BCUT2D eigenvalue weighted by atomic mass is 28.4. The molecule has 0 aliphatic heterocycles. The summed E-state index contributed by atoms with van der Waals surface area (Å²) in [6.45, 7) is 14.6. The summed E-state index contributed by atoms with van der Waals surface area (Å²) in [7, 11) is -1.40. The van der Waals surface area contributed by atoms with E-state index in [-0.39, 0.29) is 0 Å². The van der Waals surface area contributed by atoms with Gasteiger partial charge in [0.1, 0.15) is 6.61 Å². The molecule has 19 heavy (non-hydrogen) atoms. The van der Waals surface area contributed by atoms with E-state index >= 15 is 0 Å². The highest BCUT2D eigenvalue weighted by molar-refractivity contribution is 6.69. The molecule has 0 saturated carbocycles. The first-order valence-corrected chi connectivity index (χ1v) is 10.1. The first-order chi connectivity index (χ1) is 9.06. The zero-order valence-corrected chi connectivity index (χ0v) is 13.5. The smallest absolute Gasteiger partial charge is 0.183 e. The van der Waals surface area contributed by atoms with Crippen LogP contribution in [0.3, 0.4) is 0 Å². The predicted octanol–water partition coefficient (Wildman–Crippen LogP) is 2.05. The summed E-state index contributed by atoms with van der Waals surface area (Å²) in [6.07, 6.45) is 1.41. The van der Waals surface area contributed by atoms with Crippen molar-refractivity contribution in [2.75, 3.05) is 52.9 Å². The van der Waals surface area contributed by atoms with Crippen molar-refractivity contribution in [2.45, 2.75) is 19.6 Å². The molecule has 6 heteroatoms. The molecule has 0 aromatic rings. The van der Waals surface area contributed by atoms with Crippen LogP contribution in [0.15, 0.2) is 12.8 Å². The minimum atomic E-state index is -1.40. The van der Waals surface area contributed by atoms with Gasteiger partial charge in [-0.1, -0.05) is 6.58 Å². The standard InChI is InChI=1S/C13H28O5Si/c1-5-14-6-7-15-8-9-16-10-11-17-12-13-18-19(2,3)4/h5H,1,6-13H2,2-4H3. The van der Waals surface area contributed by atoms with E-state index < -0.39 is 8.32 Å². The Kier molecular flexibility index (Phi) is 12.4. The van der Waals surface area contributed by atoms with E-state index in [4.69, 9.17) is 23.4 Å². The molecule has 0 fully saturated rings. The van der Waals surface area contributed by atoms with Gasteiger partial charge in [-0.3, -0.25) is 0 Å². The number of hydrogen-bond donors (Lipinski definition) is 0. The molecule has 0 atom stereocenters. The van der Waals surface area contributed by atoms with Gasteiger partial charge >= 0.3 is 0 Å². The summed E-state index contributed by atoms with van der Waals surface area (Å²) in [6, 6.07) is 0. The molecule has 0 aromatic heterocycles. The van der Waals surface area contributed by atoms with Crippen LogP contribution >= 0.6 is 0 Å². The van der Waals surface area contributed by atoms with Gasteiger partial charge in [0.2, 0.25) is 0 Å². The lowest BCUT2D eigenvalue weighted by Crippen LogP contribution is -2.27. The molecule has 0 bridgehead atoms. The van der Waals surface area contributed by atoms with Crippen LogP contribution in [0.5, 0.6) is 0 Å². The molecule has 114 valence electrons. The van der Waals surface area contributed by atoms with Crippen molar-refractivity contribution in [1.82, 2.24) is 0 Å². The average molecular weight is 292 g/mol. The molecule has 0 aromatic carbocycles. The van der Waals surface area contributed by atoms with Crippen molar-refractivity contribution in [3.05, 3.63) is 12.8 Å². The number of hydrogen-bond acceptors (Lipinski definition) is 5. The van der Waals surface area contributed by atoms with Crippen LogP contribution in [-0.4, -0.2) is 61.2 Å². The largest absolute Gasteiger partial charge is 0.499 e. The topological polar surface area (TPSA) is 46.2 Å². The zero-order chi connectivity index (χ0) is 14.4. The summed E-state index contributed by atoms with van der Waals surface area (Å²) in [4.78, 5) is 0. The third-order valence-electron chi connectivity index (χ3n) is 1.97. The SMILES string of the molecule is C=COCCOCCOCCOCCO[Si](C)(C)C. The Labute approximate surface area is 118 Å². The van der Waals surface area contributed by atoms with E-state index in [1.807, 2.05) is 0 Å². The third kappa shape index (κ3) is 17.6. The van der Waals surface area contributed by atoms with Crippen molar-refractivity contribution in [1.29, 1.82) is 0 Å². The molecular formula is C13H28O5Si. The molecule has 5 nitrogen and oxygen atoms in total. The second kappa shape index (κ2) is 12.6. The first kappa shape index (κ1) is 18.6. The third-order valence-corrected chi connectivity index (χ3v) is 3.04. The lowest BCUT2D eigenvalue weighted by atomic mass is 10.7. The van der Waals surface area contributed by atoms with Crippen LogP contribution in [0.1, 0.15) is 0 Å². The second-order valence-corrected chi connectivity index (χ2v) is 9.35. The Morgan fingerprint density at radius 3 is 1.58 bits per heavy atom. The highest BCUT2D eigenvalue weighted by Gasteiger charge is 2.12. The van der Waals surface area contributed by atoms with Crippen LogP contribution in [0.2, 0.25) is 19.6 Å². The normalized spacial score (nSPS) is 11.5. The van der Waals surface area contributed by atoms with Gasteiger partial charge in [0.25, 0.3) is 0 Å². The Balaban J connectivity index is 3.01. The van der Waals surface area contributed by atoms with Crippen molar-refractivity contribution in [3.63, 3.8) is 0 Å². The summed E-state index contributed by atoms with van der Waals surface area (Å²) in [5.74, 6) is 0. The second-order valence-electron chi connectivity index (χ2n) is 4.84. The lowest BCUT2D eigenvalue weighted by molar-refractivity contribution is 0.00230. The van der Waals surface area contributed by atoms with Crippen LogP contribution in [0.4, 0.5) is 0 Å². The molecule has 0 aliphatic rings. The fourth-order valence-corrected chi connectivity index (χ4v) is 1.83. The molecule has 0 N–H and O–H groups in total. The Morgan fingerprint density at radius 2 is 1.16 bits per heavy atom. The van der Waals surface area contributed by atoms with E-state index in [2.05, 4.69) is 26.2 Å². The predicted molar refractivity (Wildman–Crippen MR) is 77.9 cm³/mol. The van der Waals surface area contributed by atoms with E-state index in [1.54, 1.807) is 0 Å². The molecule has 0 saturated heterocycles. The summed E-state index contributed by atoms with van der Waals surface area (Å²) < 4.78 is 26.6. The zero-order valence-electron chi connectivity index (χ0n) is 12.5. The summed E-state index contributed by atoms with van der Waals surface area (Å²) in [5, 5.41) is 0. The molecule has 0 rings (SSSR count). The van der Waals surface area contributed by atoms with Gasteiger partial charge < -0.3 is 23.4 Å². The monoisotopic (exact) mass is 292 g/mol. The van der Waals surface area contributed by atoms with Gasteiger partial charge in [0.05, 0.1) is 52.5 Å². The maximum absolute atomic E-state index is 5.66. The van der Waals surface area contributed by atoms with Crippen LogP contribution in [-0.2, 0) is 23.4 Å². The minimum Gasteiger partial charge on any atom is -0.499 e. The average Bonchev–Trinajstić information content (AvgIpc) is 2.34. The fourth-order valence-electron chi connectivity index (χ4n) is 1.14. The number of rotatable bonds is 14. The van der Waals surface area contributed by atoms with Gasteiger partial charge in [-0.25, -0.2) is 0 Å². The maximum Gasteiger partial charge on any atom is 0.183 e. The molecule has 0 heterocycles. The highest BCUT2D eigenvalue weighted by Crippen LogP contribution is 2.01. The van der Waals surface area contributed by atoms with Crippen LogP contribution < -0.4 is 0 Å². The van der Waals surface area contributed by atoms with E-state index in [9.17, 15) is 0 Å². The van der Waals surface area contributed by atoms with Crippen molar-refractivity contribution in [3.8, 4) is 0 Å². The van der Waals surface area contributed by atoms with Crippen molar-refractivity contribution in [2.24, 2.45) is 0 Å². The van der Waals surface area contributed by atoms with E-state index in [1.165, 1.54) is 6.26 Å². The minimum absolute atomic E-state index is 0.531. The molecule has 0 aliphatic carbocycles. The summed E-state index contributed by atoms with van der Waals surface area (Å²) >= 11 is 0. The van der Waals surface area contributed by atoms with Crippen LogP contribution in [0, 0.1) is 0 Å². The van der Waals surface area contributed by atoms with Gasteiger partial charge in [0.15, 0.2) is 8.32 Å². The van der Waals surface area contributed by atoms with Crippen LogP contribution in [0.25, 0.3) is 0 Å². The molecular weight excluding hydrogens is 264 g/mol. The molecule has 0 spiro atoms. The Morgan fingerprint density at radius 1 is 0.737 bits per heavy atom. The van der Waals surface area contributed by atoms with Crippen molar-refractivity contribution < 1.29 is 23.4 Å². The number of ether oxygens (including phenoxy) is 4. The van der Waals surface area contributed by atoms with E-state index in [0.717, 1.165) is 0 Å². The Bertz CT molecular complexity index is 206. The molecule has 0 amide bonds. The quantitative estimate of drug-likeness (QED) is 0.278. The lowest BCUT2D eigenvalue weighted by Gasteiger charge is -2.16. The van der Waals surface area contributed by atoms with E-state index in [0.29, 0.717) is 52.9 Å².